The molecule has 0 radical (unpaired) electrons. The lowest BCUT2D eigenvalue weighted by molar-refractivity contribution is 0.183. The van der Waals surface area contributed by atoms with Gasteiger partial charge in [-0.2, -0.15) is 0 Å². The van der Waals surface area contributed by atoms with E-state index < -0.39 is 0 Å². The predicted molar refractivity (Wildman–Crippen MR) is 109 cm³/mol. The Kier molecular flexibility index (Phi) is 5.36. The molecule has 1 aromatic carbocycles. The van der Waals surface area contributed by atoms with Crippen molar-refractivity contribution in [2.75, 3.05) is 13.7 Å². The molecule has 0 unspecified atom stereocenters. The fraction of sp³-hybridized carbons (Fsp3) is 0.368. The minimum absolute atomic E-state index is 0.0695. The van der Waals surface area contributed by atoms with Crippen LogP contribution >= 0.6 is 34.7 Å². The van der Waals surface area contributed by atoms with Gasteiger partial charge in [0, 0.05) is 22.8 Å². The number of thiophene rings is 1. The van der Waals surface area contributed by atoms with Crippen LogP contribution in [0.5, 0.6) is 0 Å². The van der Waals surface area contributed by atoms with Gasteiger partial charge in [-0.05, 0) is 42.5 Å². The van der Waals surface area contributed by atoms with Crippen LogP contribution in [0.4, 0.5) is 0 Å². The molecule has 0 N–H and O–H groups in total. The number of benzene rings is 1. The van der Waals surface area contributed by atoms with Crippen LogP contribution in [0.1, 0.15) is 22.4 Å². The third kappa shape index (κ3) is 3.43. The van der Waals surface area contributed by atoms with E-state index in [0.717, 1.165) is 51.0 Å². The highest BCUT2D eigenvalue weighted by Crippen LogP contribution is 2.36. The van der Waals surface area contributed by atoms with Crippen LogP contribution in [0.25, 0.3) is 10.2 Å². The molecule has 136 valence electrons. The lowest BCUT2D eigenvalue weighted by Gasteiger charge is -2.12. The summed E-state index contributed by atoms with van der Waals surface area (Å²) >= 11 is 9.33. The maximum absolute atomic E-state index is 13.2. The Morgan fingerprint density at radius 3 is 3.08 bits per heavy atom. The number of ether oxygens (including phenoxy) is 1. The van der Waals surface area contributed by atoms with Crippen LogP contribution in [-0.2, 0) is 29.9 Å². The van der Waals surface area contributed by atoms with E-state index in [2.05, 4.69) is 0 Å². The van der Waals surface area contributed by atoms with Crippen molar-refractivity contribution in [2.24, 2.45) is 0 Å². The van der Waals surface area contributed by atoms with Crippen molar-refractivity contribution in [3.63, 3.8) is 0 Å². The van der Waals surface area contributed by atoms with Gasteiger partial charge >= 0.3 is 0 Å². The smallest absolute Gasteiger partial charge is 0.263 e. The number of aryl methyl sites for hydroxylation is 2. The molecule has 7 heteroatoms. The molecule has 0 fully saturated rings. The summed E-state index contributed by atoms with van der Waals surface area (Å²) in [6.45, 7) is 1.00. The highest BCUT2D eigenvalue weighted by atomic mass is 35.5. The SMILES string of the molecule is COCCn1c(SCc2cccc(Cl)c2)nc2sc3c(c2c1=O)CCC3. The Morgan fingerprint density at radius 2 is 2.27 bits per heavy atom. The van der Waals surface area contributed by atoms with Crippen molar-refractivity contribution in [2.45, 2.75) is 36.7 Å². The lowest BCUT2D eigenvalue weighted by atomic mass is 10.2. The van der Waals surface area contributed by atoms with Gasteiger partial charge in [0.05, 0.1) is 18.5 Å². The number of halogens is 1. The topological polar surface area (TPSA) is 44.1 Å². The van der Waals surface area contributed by atoms with E-state index >= 15 is 0 Å². The highest BCUT2D eigenvalue weighted by molar-refractivity contribution is 7.98. The maximum atomic E-state index is 13.2. The van der Waals surface area contributed by atoms with Crippen LogP contribution in [-0.4, -0.2) is 23.3 Å². The molecule has 1 aliphatic rings. The fourth-order valence-corrected chi connectivity index (χ4v) is 5.81. The Bertz CT molecular complexity index is 1010. The number of nitrogens with zero attached hydrogens (tertiary/aromatic N) is 2. The Labute approximate surface area is 165 Å². The van der Waals surface area contributed by atoms with Gasteiger partial charge in [0.1, 0.15) is 4.83 Å². The Morgan fingerprint density at radius 1 is 1.38 bits per heavy atom. The normalized spacial score (nSPS) is 13.5. The molecule has 4 nitrogen and oxygen atoms in total. The van der Waals surface area contributed by atoms with Gasteiger partial charge in [-0.25, -0.2) is 4.98 Å². The summed E-state index contributed by atoms with van der Waals surface area (Å²) in [5.74, 6) is 0.719. The minimum atomic E-state index is 0.0695. The van der Waals surface area contributed by atoms with Crippen molar-refractivity contribution in [3.05, 3.63) is 55.6 Å². The molecule has 0 aliphatic heterocycles. The number of hydrogen-bond donors (Lipinski definition) is 0. The molecule has 0 bridgehead atoms. The number of hydrogen-bond acceptors (Lipinski definition) is 5. The van der Waals surface area contributed by atoms with E-state index in [4.69, 9.17) is 21.3 Å². The van der Waals surface area contributed by atoms with Crippen molar-refractivity contribution in [1.82, 2.24) is 9.55 Å². The molecule has 26 heavy (non-hydrogen) atoms. The molecule has 1 aliphatic carbocycles. The van der Waals surface area contributed by atoms with E-state index in [1.165, 1.54) is 10.4 Å². The summed E-state index contributed by atoms with van der Waals surface area (Å²) in [7, 11) is 1.65. The number of fused-ring (bicyclic) bond motifs is 3. The summed E-state index contributed by atoms with van der Waals surface area (Å²) in [6.07, 6.45) is 3.20. The van der Waals surface area contributed by atoms with Crippen molar-refractivity contribution in [1.29, 1.82) is 0 Å². The van der Waals surface area contributed by atoms with Crippen LogP contribution in [0.15, 0.2) is 34.2 Å². The number of rotatable bonds is 6. The van der Waals surface area contributed by atoms with Crippen LogP contribution in [0.2, 0.25) is 5.02 Å². The molecule has 2 heterocycles. The molecule has 3 aromatic rings. The van der Waals surface area contributed by atoms with Crippen LogP contribution in [0.3, 0.4) is 0 Å². The standard InChI is InChI=1S/C19H19ClN2O2S2/c1-24-9-8-22-18(23)16-14-6-3-7-15(14)26-17(16)21-19(22)25-11-12-4-2-5-13(20)10-12/h2,4-5,10H,3,6-9,11H2,1H3. The zero-order valence-electron chi connectivity index (χ0n) is 14.5. The average Bonchev–Trinajstić information content (AvgIpc) is 3.20. The summed E-state index contributed by atoms with van der Waals surface area (Å²) < 4.78 is 6.98. The van der Waals surface area contributed by atoms with E-state index in [1.54, 1.807) is 34.8 Å². The average molecular weight is 407 g/mol. The first kappa shape index (κ1) is 18.0. The maximum Gasteiger partial charge on any atom is 0.263 e. The second kappa shape index (κ2) is 7.72. The first-order valence-corrected chi connectivity index (χ1v) is 10.8. The molecule has 2 aromatic heterocycles. The number of thioether (sulfide) groups is 1. The van der Waals surface area contributed by atoms with E-state index in [0.29, 0.717) is 13.2 Å². The molecular formula is C19H19ClN2O2S2. The molecule has 4 rings (SSSR count). The van der Waals surface area contributed by atoms with Gasteiger partial charge in [0.2, 0.25) is 0 Å². The fourth-order valence-electron chi connectivity index (χ4n) is 3.32. The van der Waals surface area contributed by atoms with Crippen LogP contribution in [0, 0.1) is 0 Å². The first-order valence-electron chi connectivity index (χ1n) is 8.58. The third-order valence-corrected chi connectivity index (χ3v) is 7.03. The van der Waals surface area contributed by atoms with Crippen molar-refractivity contribution < 1.29 is 4.74 Å². The van der Waals surface area contributed by atoms with Crippen LogP contribution < -0.4 is 5.56 Å². The second-order valence-electron chi connectivity index (χ2n) is 6.30. The lowest BCUT2D eigenvalue weighted by Crippen LogP contribution is -2.25. The van der Waals surface area contributed by atoms with E-state index in [1.807, 2.05) is 24.3 Å². The number of aromatic nitrogens is 2. The molecule has 0 saturated carbocycles. The van der Waals surface area contributed by atoms with Gasteiger partial charge < -0.3 is 4.74 Å². The second-order valence-corrected chi connectivity index (χ2v) is 8.76. The monoisotopic (exact) mass is 406 g/mol. The van der Waals surface area contributed by atoms with Gasteiger partial charge in [0.15, 0.2) is 5.16 Å². The van der Waals surface area contributed by atoms with Gasteiger partial charge in [-0.1, -0.05) is 35.5 Å². The summed E-state index contributed by atoms with van der Waals surface area (Å²) in [4.78, 5) is 20.2. The molecule has 0 atom stereocenters. The van der Waals surface area contributed by atoms with E-state index in [-0.39, 0.29) is 5.56 Å². The molecular weight excluding hydrogens is 388 g/mol. The molecule has 0 amide bonds. The molecule has 0 spiro atoms. The largest absolute Gasteiger partial charge is 0.383 e. The summed E-state index contributed by atoms with van der Waals surface area (Å²) in [6, 6.07) is 7.79. The molecule has 0 saturated heterocycles. The zero-order chi connectivity index (χ0) is 18.1. The predicted octanol–water partition coefficient (Wildman–Crippen LogP) is 4.54. The summed E-state index contributed by atoms with van der Waals surface area (Å²) in [5.41, 5.74) is 2.41. The zero-order valence-corrected chi connectivity index (χ0v) is 16.8. The van der Waals surface area contributed by atoms with E-state index in [9.17, 15) is 4.79 Å². The van der Waals surface area contributed by atoms with Gasteiger partial charge in [-0.15, -0.1) is 11.3 Å². The Balaban J connectivity index is 1.73. The van der Waals surface area contributed by atoms with Crippen molar-refractivity contribution >= 4 is 44.9 Å². The Hall–Kier alpha value is -1.34. The van der Waals surface area contributed by atoms with Crippen molar-refractivity contribution in [3.8, 4) is 0 Å². The highest BCUT2D eigenvalue weighted by Gasteiger charge is 2.23. The number of methoxy groups -OCH3 is 1. The summed E-state index contributed by atoms with van der Waals surface area (Å²) in [5, 5.41) is 2.29. The quantitative estimate of drug-likeness (QED) is 0.445. The first-order chi connectivity index (χ1) is 12.7. The van der Waals surface area contributed by atoms with Gasteiger partial charge in [0.25, 0.3) is 5.56 Å². The van der Waals surface area contributed by atoms with Gasteiger partial charge in [-0.3, -0.25) is 9.36 Å². The third-order valence-electron chi connectivity index (χ3n) is 4.57. The minimum Gasteiger partial charge on any atom is -0.383 e.